The largest absolute Gasteiger partial charge is 0.381 e. The lowest BCUT2D eigenvalue weighted by Gasteiger charge is -2.35. The molecule has 0 bridgehead atoms. The van der Waals surface area contributed by atoms with Crippen molar-refractivity contribution >= 4 is 11.5 Å². The Morgan fingerprint density at radius 3 is 2.77 bits per heavy atom. The molecule has 1 fully saturated rings. The predicted octanol–water partition coefficient (Wildman–Crippen LogP) is 4.44. The van der Waals surface area contributed by atoms with E-state index in [-0.39, 0.29) is 11.5 Å². The van der Waals surface area contributed by atoms with Crippen LogP contribution in [0.25, 0.3) is 11.1 Å². The van der Waals surface area contributed by atoms with Gasteiger partial charge in [0.25, 0.3) is 6.43 Å². The number of nitrogens with one attached hydrogen (secondary N) is 1. The molecule has 0 amide bonds. The number of benzene rings is 1. The lowest BCUT2D eigenvalue weighted by molar-refractivity contribution is 0.0835. The van der Waals surface area contributed by atoms with Gasteiger partial charge in [0.05, 0.1) is 11.9 Å². The summed E-state index contributed by atoms with van der Waals surface area (Å²) >= 11 is 0. The van der Waals surface area contributed by atoms with E-state index in [1.165, 1.54) is 0 Å². The number of hydrogen-bond donors (Lipinski definition) is 1. The molecule has 5 heterocycles. The summed E-state index contributed by atoms with van der Waals surface area (Å²) in [4.78, 5) is 12.3. The van der Waals surface area contributed by atoms with Gasteiger partial charge in [-0.2, -0.15) is 5.10 Å². The third-order valence-electron chi connectivity index (χ3n) is 7.39. The molecular weight excluding hydrogens is 450 g/mol. The first kappa shape index (κ1) is 22.5. The van der Waals surface area contributed by atoms with Crippen molar-refractivity contribution in [2.75, 3.05) is 31.2 Å². The van der Waals surface area contributed by atoms with Gasteiger partial charge in [-0.25, -0.2) is 18.7 Å². The van der Waals surface area contributed by atoms with Gasteiger partial charge in [0, 0.05) is 80.8 Å². The number of fused-ring (bicyclic) bond motifs is 2. The van der Waals surface area contributed by atoms with Crippen molar-refractivity contribution in [3.8, 4) is 11.1 Å². The topological polar surface area (TPSA) is 68.1 Å². The van der Waals surface area contributed by atoms with Crippen LogP contribution in [0.2, 0.25) is 0 Å². The predicted molar refractivity (Wildman–Crippen MR) is 129 cm³/mol. The molecule has 3 aliphatic heterocycles. The highest BCUT2D eigenvalue weighted by atomic mass is 19.3. The monoisotopic (exact) mass is 480 g/mol. The number of aryl methyl sites for hydroxylation is 2. The van der Waals surface area contributed by atoms with Crippen molar-refractivity contribution in [3.05, 3.63) is 52.7 Å². The Kier molecular flexibility index (Phi) is 5.98. The average Bonchev–Trinajstić information content (AvgIpc) is 3.33. The van der Waals surface area contributed by atoms with E-state index in [1.54, 1.807) is 30.2 Å². The number of hydrogen-bond acceptors (Lipinski definition) is 6. The Labute approximate surface area is 203 Å². The molecule has 1 aromatic carbocycles. The summed E-state index contributed by atoms with van der Waals surface area (Å²) < 4.78 is 35.8. The lowest BCUT2D eigenvalue weighted by Crippen LogP contribution is -2.32. The molecule has 6 rings (SSSR count). The third kappa shape index (κ3) is 4.21. The van der Waals surface area contributed by atoms with Crippen molar-refractivity contribution in [3.63, 3.8) is 0 Å². The molecule has 0 saturated carbocycles. The van der Waals surface area contributed by atoms with E-state index in [2.05, 4.69) is 15.3 Å². The van der Waals surface area contributed by atoms with Gasteiger partial charge in [-0.05, 0) is 48.9 Å². The second-order valence-corrected chi connectivity index (χ2v) is 9.67. The number of anilines is 2. The highest BCUT2D eigenvalue weighted by molar-refractivity contribution is 5.76. The number of ether oxygens (including phenoxy) is 1. The molecule has 0 spiro atoms. The summed E-state index contributed by atoms with van der Waals surface area (Å²) in [7, 11) is 1.80. The first-order valence-electron chi connectivity index (χ1n) is 12.5. The van der Waals surface area contributed by atoms with Crippen LogP contribution in [0.4, 0.5) is 20.3 Å². The number of halogens is 2. The molecule has 3 aromatic rings. The number of nitrogens with zero attached hydrogens (tertiary/aromatic N) is 5. The van der Waals surface area contributed by atoms with E-state index in [0.717, 1.165) is 92.6 Å². The zero-order valence-electron chi connectivity index (χ0n) is 19.9. The first-order valence-corrected chi connectivity index (χ1v) is 12.5. The van der Waals surface area contributed by atoms with Gasteiger partial charge in [0.15, 0.2) is 0 Å². The molecule has 0 atom stereocenters. The van der Waals surface area contributed by atoms with Crippen LogP contribution in [0, 0.1) is 0 Å². The maximum Gasteiger partial charge on any atom is 0.264 e. The minimum atomic E-state index is -2.59. The van der Waals surface area contributed by atoms with Gasteiger partial charge in [-0.3, -0.25) is 4.68 Å². The molecule has 35 heavy (non-hydrogen) atoms. The minimum absolute atomic E-state index is 0.0364. The van der Waals surface area contributed by atoms with E-state index in [1.807, 2.05) is 6.07 Å². The fraction of sp³-hybridized carbons (Fsp3) is 0.500. The molecule has 0 unspecified atom stereocenters. The van der Waals surface area contributed by atoms with Crippen LogP contribution in [-0.4, -0.2) is 46.1 Å². The minimum Gasteiger partial charge on any atom is -0.381 e. The second kappa shape index (κ2) is 9.28. The Bertz CT molecular complexity index is 1240. The summed E-state index contributed by atoms with van der Waals surface area (Å²) in [5, 5.41) is 7.65. The van der Waals surface area contributed by atoms with Crippen LogP contribution in [0.3, 0.4) is 0 Å². The number of aromatic nitrogens is 4. The molecule has 3 aliphatic rings. The van der Waals surface area contributed by atoms with Crippen LogP contribution in [-0.2, 0) is 31.2 Å². The Hall–Kier alpha value is -2.91. The highest BCUT2D eigenvalue weighted by Crippen LogP contribution is 2.42. The zero-order chi connectivity index (χ0) is 23.9. The van der Waals surface area contributed by atoms with Crippen molar-refractivity contribution in [1.29, 1.82) is 0 Å². The summed E-state index contributed by atoms with van der Waals surface area (Å²) in [5.74, 6) is 2.02. The number of alkyl halides is 2. The van der Waals surface area contributed by atoms with E-state index in [4.69, 9.17) is 14.7 Å². The van der Waals surface area contributed by atoms with Crippen LogP contribution in [0.15, 0.2) is 24.5 Å². The zero-order valence-corrected chi connectivity index (χ0v) is 19.9. The van der Waals surface area contributed by atoms with Gasteiger partial charge < -0.3 is 15.0 Å². The van der Waals surface area contributed by atoms with Crippen molar-refractivity contribution in [1.82, 2.24) is 25.1 Å². The van der Waals surface area contributed by atoms with Crippen molar-refractivity contribution in [2.45, 2.75) is 51.0 Å². The fourth-order valence-corrected chi connectivity index (χ4v) is 5.57. The molecular formula is C26H30F2N6O. The second-order valence-electron chi connectivity index (χ2n) is 9.67. The molecule has 0 radical (unpaired) electrons. The average molecular weight is 481 g/mol. The number of rotatable bonds is 4. The van der Waals surface area contributed by atoms with Gasteiger partial charge in [-0.1, -0.05) is 0 Å². The van der Waals surface area contributed by atoms with Crippen molar-refractivity contribution < 1.29 is 13.5 Å². The Morgan fingerprint density at radius 2 is 2.00 bits per heavy atom. The fourth-order valence-electron chi connectivity index (χ4n) is 5.57. The van der Waals surface area contributed by atoms with Crippen molar-refractivity contribution in [2.24, 2.45) is 7.05 Å². The van der Waals surface area contributed by atoms with E-state index >= 15 is 0 Å². The van der Waals surface area contributed by atoms with E-state index in [0.29, 0.717) is 17.7 Å². The van der Waals surface area contributed by atoms with Crippen LogP contribution >= 0.6 is 0 Å². The molecule has 0 aliphatic carbocycles. The SMILES string of the molecule is Cn1cc(-c2cc3c(cc2C(F)F)N(c2nc(C4CCOCC4)nc4c2CNCC4)CCC3)cn1. The van der Waals surface area contributed by atoms with E-state index in [9.17, 15) is 8.78 Å². The smallest absolute Gasteiger partial charge is 0.264 e. The molecule has 2 aromatic heterocycles. The van der Waals surface area contributed by atoms with Gasteiger partial charge in [0.1, 0.15) is 11.6 Å². The lowest BCUT2D eigenvalue weighted by atomic mass is 9.92. The quantitative estimate of drug-likeness (QED) is 0.596. The van der Waals surface area contributed by atoms with Crippen LogP contribution < -0.4 is 10.2 Å². The van der Waals surface area contributed by atoms with Gasteiger partial charge in [0.2, 0.25) is 0 Å². The maximum absolute atomic E-state index is 14.3. The van der Waals surface area contributed by atoms with Crippen LogP contribution in [0.5, 0.6) is 0 Å². The van der Waals surface area contributed by atoms with Crippen LogP contribution in [0.1, 0.15) is 59.8 Å². The van der Waals surface area contributed by atoms with Gasteiger partial charge >= 0.3 is 0 Å². The van der Waals surface area contributed by atoms with E-state index < -0.39 is 6.43 Å². The Balaban J connectivity index is 1.48. The molecule has 9 heteroatoms. The summed E-state index contributed by atoms with van der Waals surface area (Å²) in [6.45, 7) is 3.78. The molecule has 1 N–H and O–H groups in total. The molecule has 7 nitrogen and oxygen atoms in total. The highest BCUT2D eigenvalue weighted by Gasteiger charge is 2.30. The third-order valence-corrected chi connectivity index (χ3v) is 7.39. The summed E-state index contributed by atoms with van der Waals surface area (Å²) in [6.07, 6.45) is 5.32. The standard InChI is InChI=1S/C26H30F2N6O/c1-33-15-18(13-30-33)19-11-17-3-2-8-34(23(17)12-20(19)24(27)28)26-21-14-29-7-4-22(21)31-25(32-26)16-5-9-35-10-6-16/h11-13,15-16,24,29H,2-10,14H2,1H3. The first-order chi connectivity index (χ1) is 17.1. The molecule has 184 valence electrons. The van der Waals surface area contributed by atoms with Gasteiger partial charge in [-0.15, -0.1) is 0 Å². The Morgan fingerprint density at radius 1 is 1.14 bits per heavy atom. The normalized spacial score (nSPS) is 18.6. The molecule has 1 saturated heterocycles. The summed E-state index contributed by atoms with van der Waals surface area (Å²) in [6, 6.07) is 3.62. The summed E-state index contributed by atoms with van der Waals surface area (Å²) in [5.41, 5.74) is 5.40. The maximum atomic E-state index is 14.3.